The summed E-state index contributed by atoms with van der Waals surface area (Å²) in [5, 5.41) is 3.86. The van der Waals surface area contributed by atoms with Gasteiger partial charge in [-0.15, -0.1) is 0 Å². The van der Waals surface area contributed by atoms with Crippen LogP contribution in [0.3, 0.4) is 0 Å². The first-order valence-electron chi connectivity index (χ1n) is 8.51. The molecule has 2 N–H and O–H groups in total. The van der Waals surface area contributed by atoms with Gasteiger partial charge >= 0.3 is 5.97 Å². The molecule has 0 spiro atoms. The van der Waals surface area contributed by atoms with Crippen molar-refractivity contribution < 1.29 is 14.3 Å². The second kappa shape index (κ2) is 7.44. The number of hydrogen-bond acceptors (Lipinski definition) is 3. The number of carbonyl (C=O) groups is 2. The first-order chi connectivity index (χ1) is 12.5. The molecule has 0 aliphatic heterocycles. The van der Waals surface area contributed by atoms with E-state index in [2.05, 4.69) is 10.3 Å². The summed E-state index contributed by atoms with van der Waals surface area (Å²) in [6, 6.07) is 12.6. The van der Waals surface area contributed by atoms with Gasteiger partial charge in [-0.2, -0.15) is 0 Å². The number of amides is 1. The van der Waals surface area contributed by atoms with Gasteiger partial charge in [0.1, 0.15) is 6.04 Å². The number of rotatable bonds is 5. The lowest BCUT2D eigenvalue weighted by molar-refractivity contribution is -0.142. The van der Waals surface area contributed by atoms with Gasteiger partial charge in [0.2, 0.25) is 0 Å². The first kappa shape index (κ1) is 17.7. The molecule has 1 aromatic heterocycles. The van der Waals surface area contributed by atoms with Crippen molar-refractivity contribution in [2.75, 3.05) is 7.11 Å². The number of aromatic amines is 1. The highest BCUT2D eigenvalue weighted by Gasteiger charge is 2.24. The van der Waals surface area contributed by atoms with Crippen LogP contribution in [0.5, 0.6) is 0 Å². The third kappa shape index (κ3) is 3.47. The lowest BCUT2D eigenvalue weighted by Crippen LogP contribution is -2.43. The molecule has 0 radical (unpaired) electrons. The van der Waals surface area contributed by atoms with Crippen molar-refractivity contribution in [3.05, 3.63) is 70.9 Å². The van der Waals surface area contributed by atoms with E-state index in [4.69, 9.17) is 4.74 Å². The number of fused-ring (bicyclic) bond motifs is 1. The van der Waals surface area contributed by atoms with Gasteiger partial charge in [0.05, 0.1) is 7.11 Å². The van der Waals surface area contributed by atoms with Crippen molar-refractivity contribution in [1.29, 1.82) is 0 Å². The van der Waals surface area contributed by atoms with E-state index in [1.54, 1.807) is 6.07 Å². The molecule has 134 valence electrons. The van der Waals surface area contributed by atoms with Gasteiger partial charge in [-0.3, -0.25) is 4.79 Å². The van der Waals surface area contributed by atoms with Crippen molar-refractivity contribution in [3.8, 4) is 0 Å². The molecule has 0 saturated carbocycles. The average molecular weight is 350 g/mol. The molecular formula is C21H22N2O3. The minimum Gasteiger partial charge on any atom is -0.467 e. The van der Waals surface area contributed by atoms with Crippen molar-refractivity contribution in [2.45, 2.75) is 26.3 Å². The summed E-state index contributed by atoms with van der Waals surface area (Å²) in [6.07, 6.45) is 2.22. The normalized spacial score (nSPS) is 12.0. The molecule has 26 heavy (non-hydrogen) atoms. The van der Waals surface area contributed by atoms with Crippen LogP contribution in [0.1, 0.15) is 27.0 Å². The second-order valence-corrected chi connectivity index (χ2v) is 6.36. The first-order valence-corrected chi connectivity index (χ1v) is 8.51. The van der Waals surface area contributed by atoms with Gasteiger partial charge in [-0.05, 0) is 42.7 Å². The number of hydrogen-bond donors (Lipinski definition) is 2. The maximum atomic E-state index is 12.7. The Hall–Kier alpha value is -3.08. The fraction of sp³-hybridized carbons (Fsp3) is 0.238. The van der Waals surface area contributed by atoms with E-state index in [-0.39, 0.29) is 5.91 Å². The van der Waals surface area contributed by atoms with Gasteiger partial charge < -0.3 is 15.0 Å². The maximum Gasteiger partial charge on any atom is 0.328 e. The Labute approximate surface area is 152 Å². The van der Waals surface area contributed by atoms with Crippen LogP contribution in [-0.2, 0) is 16.0 Å². The maximum absolute atomic E-state index is 12.7. The number of benzene rings is 2. The Kier molecular flexibility index (Phi) is 5.07. The van der Waals surface area contributed by atoms with Crippen LogP contribution < -0.4 is 5.32 Å². The molecule has 5 nitrogen and oxygen atoms in total. The Morgan fingerprint density at radius 3 is 2.65 bits per heavy atom. The molecule has 5 heteroatoms. The molecule has 0 saturated heterocycles. The zero-order valence-electron chi connectivity index (χ0n) is 15.1. The smallest absolute Gasteiger partial charge is 0.328 e. The topological polar surface area (TPSA) is 71.2 Å². The molecule has 3 rings (SSSR count). The minimum atomic E-state index is -0.758. The van der Waals surface area contributed by atoms with Crippen LogP contribution in [0.4, 0.5) is 0 Å². The molecule has 2 aromatic carbocycles. The fourth-order valence-corrected chi connectivity index (χ4v) is 3.09. The van der Waals surface area contributed by atoms with Gasteiger partial charge in [0, 0.05) is 29.1 Å². The summed E-state index contributed by atoms with van der Waals surface area (Å²) in [5.74, 6) is -0.740. The molecule has 1 heterocycles. The molecule has 3 aromatic rings. The van der Waals surface area contributed by atoms with Crippen molar-refractivity contribution in [3.63, 3.8) is 0 Å². The molecule has 0 bridgehead atoms. The third-order valence-electron chi connectivity index (χ3n) is 4.74. The predicted octanol–water partition coefficient (Wildman–Crippen LogP) is 3.30. The molecule has 0 fully saturated rings. The Balaban J connectivity index is 1.86. The monoisotopic (exact) mass is 350 g/mol. The number of para-hydroxylation sites is 1. The Morgan fingerprint density at radius 1 is 1.12 bits per heavy atom. The van der Waals surface area contributed by atoms with E-state index >= 15 is 0 Å². The highest BCUT2D eigenvalue weighted by Crippen LogP contribution is 2.20. The van der Waals surface area contributed by atoms with E-state index in [1.807, 2.05) is 56.4 Å². The largest absolute Gasteiger partial charge is 0.467 e. The molecule has 0 aliphatic rings. The van der Waals surface area contributed by atoms with E-state index < -0.39 is 12.0 Å². The highest BCUT2D eigenvalue weighted by atomic mass is 16.5. The second-order valence-electron chi connectivity index (χ2n) is 6.36. The van der Waals surface area contributed by atoms with E-state index in [1.165, 1.54) is 7.11 Å². The highest BCUT2D eigenvalue weighted by molar-refractivity contribution is 5.98. The number of ether oxygens (including phenoxy) is 1. The number of esters is 1. The van der Waals surface area contributed by atoms with Crippen LogP contribution in [0.2, 0.25) is 0 Å². The lowest BCUT2D eigenvalue weighted by Gasteiger charge is -2.17. The molecule has 1 atom stereocenters. The minimum absolute atomic E-state index is 0.276. The number of carbonyl (C=O) groups excluding carboxylic acids is 2. The third-order valence-corrected chi connectivity index (χ3v) is 4.74. The fourth-order valence-electron chi connectivity index (χ4n) is 3.09. The summed E-state index contributed by atoms with van der Waals surface area (Å²) in [7, 11) is 1.33. The summed E-state index contributed by atoms with van der Waals surface area (Å²) in [6.45, 7) is 3.85. The van der Waals surface area contributed by atoms with E-state index in [9.17, 15) is 9.59 Å². The summed E-state index contributed by atoms with van der Waals surface area (Å²) < 4.78 is 4.90. The van der Waals surface area contributed by atoms with Gasteiger partial charge in [0.25, 0.3) is 5.91 Å². The number of methoxy groups -OCH3 is 1. The predicted molar refractivity (Wildman–Crippen MR) is 101 cm³/mol. The van der Waals surface area contributed by atoms with Crippen LogP contribution in [0.25, 0.3) is 10.9 Å². The van der Waals surface area contributed by atoms with E-state index in [0.717, 1.165) is 27.6 Å². The summed E-state index contributed by atoms with van der Waals surface area (Å²) in [5.41, 5.74) is 4.45. The van der Waals surface area contributed by atoms with E-state index in [0.29, 0.717) is 12.0 Å². The number of aromatic nitrogens is 1. The Morgan fingerprint density at radius 2 is 1.88 bits per heavy atom. The van der Waals surface area contributed by atoms with Gasteiger partial charge in [-0.25, -0.2) is 4.79 Å². The van der Waals surface area contributed by atoms with Crippen molar-refractivity contribution in [2.24, 2.45) is 0 Å². The van der Waals surface area contributed by atoms with Gasteiger partial charge in [0.15, 0.2) is 0 Å². The van der Waals surface area contributed by atoms with Crippen molar-refractivity contribution >= 4 is 22.8 Å². The van der Waals surface area contributed by atoms with Crippen LogP contribution >= 0.6 is 0 Å². The van der Waals surface area contributed by atoms with Crippen LogP contribution in [0, 0.1) is 13.8 Å². The molecular weight excluding hydrogens is 328 g/mol. The standard InChI is InChI=1S/C21H22N2O3/c1-13-7-6-9-16(14(13)2)20(24)23-19(21(25)26-3)11-15-12-22-18-10-5-4-8-17(15)18/h4-10,12,19,22H,11H2,1-3H3,(H,23,24). The molecule has 0 aliphatic carbocycles. The van der Waals surface area contributed by atoms with Gasteiger partial charge in [-0.1, -0.05) is 30.3 Å². The quantitative estimate of drug-likeness (QED) is 0.694. The number of nitrogens with one attached hydrogen (secondary N) is 2. The zero-order valence-corrected chi connectivity index (χ0v) is 15.1. The zero-order chi connectivity index (χ0) is 18.7. The Bertz CT molecular complexity index is 959. The summed E-state index contributed by atoms with van der Waals surface area (Å²) in [4.78, 5) is 28.1. The van der Waals surface area contributed by atoms with Crippen LogP contribution in [0.15, 0.2) is 48.7 Å². The van der Waals surface area contributed by atoms with Crippen LogP contribution in [-0.4, -0.2) is 30.0 Å². The number of H-pyrrole nitrogens is 1. The lowest BCUT2D eigenvalue weighted by atomic mass is 10.0. The SMILES string of the molecule is COC(=O)C(Cc1c[nH]c2ccccc12)NC(=O)c1cccc(C)c1C. The summed E-state index contributed by atoms with van der Waals surface area (Å²) >= 11 is 0. The number of aryl methyl sites for hydroxylation is 1. The molecule has 1 unspecified atom stereocenters. The molecule has 1 amide bonds. The van der Waals surface area contributed by atoms with Crippen molar-refractivity contribution in [1.82, 2.24) is 10.3 Å². The average Bonchev–Trinajstić information content (AvgIpc) is 3.05.